The van der Waals surface area contributed by atoms with Crippen molar-refractivity contribution in [2.75, 3.05) is 6.26 Å². The summed E-state index contributed by atoms with van der Waals surface area (Å²) in [4.78, 5) is 40.9. The largest absolute Gasteiger partial charge is 0.463 e. The van der Waals surface area contributed by atoms with Crippen molar-refractivity contribution < 1.29 is 31.0 Å². The Morgan fingerprint density at radius 1 is 0.851 bits per heavy atom. The zero-order chi connectivity index (χ0) is 33.7. The van der Waals surface area contributed by atoms with Gasteiger partial charge in [-0.3, -0.25) is 19.4 Å². The molecule has 0 fully saturated rings. The third-order valence-electron chi connectivity index (χ3n) is 7.03. The van der Waals surface area contributed by atoms with Crippen LogP contribution in [0.15, 0.2) is 110 Å². The lowest BCUT2D eigenvalue weighted by Gasteiger charge is -2.10. The van der Waals surface area contributed by atoms with Gasteiger partial charge in [0.05, 0.1) is 33.8 Å². The van der Waals surface area contributed by atoms with Crippen LogP contribution < -0.4 is 19.8 Å². The van der Waals surface area contributed by atoms with Crippen molar-refractivity contribution in [1.29, 1.82) is 0 Å². The van der Waals surface area contributed by atoms with Crippen LogP contribution in [-0.2, 0) is 21.3 Å². The van der Waals surface area contributed by atoms with Crippen molar-refractivity contribution in [1.82, 2.24) is 4.98 Å². The van der Waals surface area contributed by atoms with Gasteiger partial charge in [0.2, 0.25) is 5.43 Å². The van der Waals surface area contributed by atoms with E-state index in [4.69, 9.17) is 17.8 Å². The molecule has 0 atom stereocenters. The number of hydrogen-bond donors (Lipinski definition) is 0. The van der Waals surface area contributed by atoms with Gasteiger partial charge < -0.3 is 17.8 Å². The molecule has 0 unspecified atom stereocenters. The fourth-order valence-electron chi connectivity index (χ4n) is 4.88. The molecule has 3 aromatic heterocycles. The smallest absolute Gasteiger partial charge is 0.308 e. The Kier molecular flexibility index (Phi) is 9.67. The van der Waals surface area contributed by atoms with E-state index in [1.54, 1.807) is 30.5 Å². The van der Waals surface area contributed by atoms with E-state index in [9.17, 15) is 22.8 Å². The molecule has 0 amide bonds. The fourth-order valence-corrected chi connectivity index (χ4v) is 5.34. The molecule has 47 heavy (non-hydrogen) atoms. The number of aryl methyl sites for hydroxylation is 2. The van der Waals surface area contributed by atoms with Crippen LogP contribution in [0.5, 0.6) is 11.5 Å². The number of pyridine rings is 1. The van der Waals surface area contributed by atoms with Crippen LogP contribution in [-0.4, -0.2) is 25.6 Å². The highest BCUT2D eigenvalue weighted by Gasteiger charge is 2.15. The topological polar surface area (TPSA) is 143 Å². The molecule has 6 rings (SSSR count). The van der Waals surface area contributed by atoms with Gasteiger partial charge in [0.1, 0.15) is 35.2 Å². The van der Waals surface area contributed by atoms with E-state index >= 15 is 0 Å². The Hall–Kier alpha value is -5.55. The van der Waals surface area contributed by atoms with E-state index in [0.717, 1.165) is 29.4 Å². The lowest BCUT2D eigenvalue weighted by Crippen LogP contribution is -2.08. The summed E-state index contributed by atoms with van der Waals surface area (Å²) in [6.07, 6.45) is 6.92. The molecule has 0 saturated carbocycles. The summed E-state index contributed by atoms with van der Waals surface area (Å²) in [7, 11) is -3.63. The normalized spacial score (nSPS) is 11.1. The summed E-state index contributed by atoms with van der Waals surface area (Å²) >= 11 is 0. The summed E-state index contributed by atoms with van der Waals surface area (Å²) < 4.78 is 43.4. The van der Waals surface area contributed by atoms with Crippen molar-refractivity contribution in [2.45, 2.75) is 33.6 Å². The maximum Gasteiger partial charge on any atom is 0.308 e. The number of nitrogens with zero attached hydrogens (tertiary/aromatic N) is 1. The minimum Gasteiger partial charge on any atom is -0.463 e. The predicted octanol–water partition coefficient (Wildman–Crippen LogP) is 6.84. The number of fused-ring (bicyclic) bond motifs is 2. The van der Waals surface area contributed by atoms with Gasteiger partial charge in [-0.15, -0.1) is 0 Å². The number of carbonyl (C=O) groups is 1. The highest BCUT2D eigenvalue weighted by molar-refractivity contribution is 7.86. The van der Waals surface area contributed by atoms with Gasteiger partial charge in [-0.25, -0.2) is 0 Å². The SMILES string of the molecule is CCCc1cc2c(=O)c(-c3ccccn3)coc2cc1OC(C)=O.Cc1ccc(-c2coc3cc(OS(C)(=O)=O)ccc3c2=O)cc1. The second-order valence-electron chi connectivity index (χ2n) is 10.8. The van der Waals surface area contributed by atoms with E-state index < -0.39 is 16.1 Å². The number of hydrogen-bond acceptors (Lipinski definition) is 10. The highest BCUT2D eigenvalue weighted by Crippen LogP contribution is 2.28. The molecule has 3 heterocycles. The van der Waals surface area contributed by atoms with Crippen LogP contribution in [0.3, 0.4) is 0 Å². The maximum atomic E-state index is 12.8. The molecule has 0 N–H and O–H groups in total. The lowest BCUT2D eigenvalue weighted by molar-refractivity contribution is -0.131. The van der Waals surface area contributed by atoms with E-state index in [-0.39, 0.29) is 22.2 Å². The van der Waals surface area contributed by atoms with Gasteiger partial charge in [0, 0.05) is 25.3 Å². The van der Waals surface area contributed by atoms with E-state index in [2.05, 4.69) is 4.98 Å². The lowest BCUT2D eigenvalue weighted by atomic mass is 10.0. The van der Waals surface area contributed by atoms with Crippen LogP contribution in [0.1, 0.15) is 31.4 Å². The molecule has 6 aromatic rings. The molecule has 3 aromatic carbocycles. The van der Waals surface area contributed by atoms with E-state index in [0.29, 0.717) is 45.3 Å². The molecule has 0 aliphatic carbocycles. The van der Waals surface area contributed by atoms with Gasteiger partial charge in [0.15, 0.2) is 5.43 Å². The first-order valence-electron chi connectivity index (χ1n) is 14.6. The molecule has 0 aliphatic rings. The first kappa shape index (κ1) is 32.8. The van der Waals surface area contributed by atoms with Crippen molar-refractivity contribution in [3.63, 3.8) is 0 Å². The maximum absolute atomic E-state index is 12.8. The average molecular weight is 654 g/mol. The summed E-state index contributed by atoms with van der Waals surface area (Å²) in [6.45, 7) is 5.34. The van der Waals surface area contributed by atoms with Crippen molar-refractivity contribution in [3.8, 4) is 33.9 Å². The van der Waals surface area contributed by atoms with Gasteiger partial charge in [0.25, 0.3) is 0 Å². The van der Waals surface area contributed by atoms with Crippen LogP contribution in [0.4, 0.5) is 0 Å². The van der Waals surface area contributed by atoms with Crippen molar-refractivity contribution >= 4 is 38.0 Å². The molecule has 10 nitrogen and oxygen atoms in total. The average Bonchev–Trinajstić information content (AvgIpc) is 3.02. The Morgan fingerprint density at radius 2 is 1.53 bits per heavy atom. The molecule has 240 valence electrons. The molecule has 0 aliphatic heterocycles. The molecule has 0 spiro atoms. The van der Waals surface area contributed by atoms with Crippen LogP contribution in [0, 0.1) is 6.92 Å². The minimum absolute atomic E-state index is 0.103. The summed E-state index contributed by atoms with van der Waals surface area (Å²) in [5.41, 5.74) is 4.43. The molecule has 0 radical (unpaired) electrons. The number of ether oxygens (including phenoxy) is 1. The van der Waals surface area contributed by atoms with E-state index in [1.807, 2.05) is 44.2 Å². The van der Waals surface area contributed by atoms with Gasteiger partial charge in [-0.05, 0) is 54.8 Å². The van der Waals surface area contributed by atoms with Crippen molar-refractivity contribution in [3.05, 3.63) is 123 Å². The molecule has 11 heteroatoms. The zero-order valence-corrected chi connectivity index (χ0v) is 26.9. The predicted molar refractivity (Wildman–Crippen MR) is 179 cm³/mol. The summed E-state index contributed by atoms with van der Waals surface area (Å²) in [5.74, 6) is 0.135. The number of esters is 1. The summed E-state index contributed by atoms with van der Waals surface area (Å²) in [5, 5.41) is 0.821. The Morgan fingerprint density at radius 3 is 2.17 bits per heavy atom. The molecule has 0 saturated heterocycles. The molecular formula is C36H31NO9S. The number of carbonyl (C=O) groups excluding carboxylic acids is 1. The van der Waals surface area contributed by atoms with Crippen LogP contribution in [0.2, 0.25) is 0 Å². The van der Waals surface area contributed by atoms with Crippen LogP contribution in [0.25, 0.3) is 44.3 Å². The highest BCUT2D eigenvalue weighted by atomic mass is 32.2. The molecule has 0 bridgehead atoms. The first-order valence-corrected chi connectivity index (χ1v) is 16.5. The minimum atomic E-state index is -3.63. The number of aromatic nitrogens is 1. The Bertz CT molecular complexity index is 2310. The van der Waals surface area contributed by atoms with Crippen LogP contribution >= 0.6 is 0 Å². The quantitative estimate of drug-likeness (QED) is 0.102. The second-order valence-corrected chi connectivity index (χ2v) is 12.4. The summed E-state index contributed by atoms with van der Waals surface area (Å²) in [6, 6.07) is 20.6. The standard InChI is InChI=1S/C19H17NO4.C17H14O5S/c1-3-6-13-9-14-18(10-17(13)24-12(2)21)23-11-15(19(14)22)16-7-4-5-8-20-16;1-11-3-5-12(6-4-11)15-10-21-16-9-13(22-23(2,19)20)7-8-14(16)17(15)18/h4-5,7-11H,3,6H2,1-2H3;3-10H,1-2H3. The Labute approximate surface area is 270 Å². The van der Waals surface area contributed by atoms with E-state index in [1.165, 1.54) is 37.6 Å². The second kappa shape index (κ2) is 13.8. The zero-order valence-electron chi connectivity index (χ0n) is 26.1. The monoisotopic (exact) mass is 653 g/mol. The number of rotatable bonds is 7. The van der Waals surface area contributed by atoms with Gasteiger partial charge in [-0.2, -0.15) is 8.42 Å². The first-order chi connectivity index (χ1) is 22.4. The van der Waals surface area contributed by atoms with Gasteiger partial charge in [-0.1, -0.05) is 49.2 Å². The fraction of sp³-hybridized carbons (Fsp3) is 0.167. The third-order valence-corrected chi connectivity index (χ3v) is 7.52. The molecular weight excluding hydrogens is 622 g/mol. The number of benzene rings is 3. The Balaban J connectivity index is 0.000000185. The van der Waals surface area contributed by atoms with Crippen molar-refractivity contribution in [2.24, 2.45) is 0 Å². The van der Waals surface area contributed by atoms with Gasteiger partial charge >= 0.3 is 16.1 Å². The third kappa shape index (κ3) is 7.82.